The average Bonchev–Trinajstić information content (AvgIpc) is 3.30. The molecule has 2 heterocycles. The van der Waals surface area contributed by atoms with E-state index in [0.29, 0.717) is 24.5 Å². The molecular weight excluding hydrogens is 364 g/mol. The smallest absolute Gasteiger partial charge is 0.416 e. The minimum atomic E-state index is -0.539. The molecule has 4 rings (SSSR count). The SMILES string of the molecule is O=C1OC[C@@H](Cc2ccccc2)N1C(=O)[C@@H]1CNC[C@H]1c1ccc(Cl)cc1. The molecule has 6 heteroatoms. The van der Waals surface area contributed by atoms with Crippen molar-refractivity contribution in [2.45, 2.75) is 18.4 Å². The Morgan fingerprint density at radius 2 is 1.85 bits per heavy atom. The van der Waals surface area contributed by atoms with Gasteiger partial charge in [-0.05, 0) is 29.7 Å². The molecule has 2 saturated heterocycles. The number of imide groups is 1. The zero-order valence-corrected chi connectivity index (χ0v) is 15.6. The molecule has 3 atom stereocenters. The molecule has 0 aliphatic carbocycles. The topological polar surface area (TPSA) is 58.6 Å². The summed E-state index contributed by atoms with van der Waals surface area (Å²) in [5, 5.41) is 3.95. The number of hydrogen-bond donors (Lipinski definition) is 1. The van der Waals surface area contributed by atoms with Gasteiger partial charge >= 0.3 is 6.09 Å². The zero-order valence-electron chi connectivity index (χ0n) is 14.8. The first kappa shape index (κ1) is 18.0. The lowest BCUT2D eigenvalue weighted by Crippen LogP contribution is -2.45. The summed E-state index contributed by atoms with van der Waals surface area (Å²) in [6, 6.07) is 17.2. The van der Waals surface area contributed by atoms with Gasteiger partial charge in [0.15, 0.2) is 0 Å². The molecule has 27 heavy (non-hydrogen) atoms. The van der Waals surface area contributed by atoms with E-state index < -0.39 is 6.09 Å². The highest BCUT2D eigenvalue weighted by Gasteiger charge is 2.44. The highest BCUT2D eigenvalue weighted by molar-refractivity contribution is 6.30. The number of nitrogens with one attached hydrogen (secondary N) is 1. The highest BCUT2D eigenvalue weighted by Crippen LogP contribution is 2.32. The molecule has 0 bridgehead atoms. The number of carbonyl (C=O) groups excluding carboxylic acids is 2. The quantitative estimate of drug-likeness (QED) is 0.879. The van der Waals surface area contributed by atoms with Gasteiger partial charge in [0.25, 0.3) is 0 Å². The van der Waals surface area contributed by atoms with Crippen LogP contribution < -0.4 is 5.32 Å². The van der Waals surface area contributed by atoms with Crippen LogP contribution in [0.5, 0.6) is 0 Å². The number of benzene rings is 2. The number of amides is 2. The molecule has 2 aliphatic heterocycles. The molecule has 2 aromatic carbocycles. The van der Waals surface area contributed by atoms with Crippen LogP contribution in [0.2, 0.25) is 5.02 Å². The fourth-order valence-corrected chi connectivity index (χ4v) is 4.07. The molecule has 0 radical (unpaired) electrons. The molecule has 2 amide bonds. The summed E-state index contributed by atoms with van der Waals surface area (Å²) in [5.41, 5.74) is 2.13. The van der Waals surface area contributed by atoms with E-state index in [1.807, 2.05) is 54.6 Å². The minimum Gasteiger partial charge on any atom is -0.447 e. The van der Waals surface area contributed by atoms with E-state index in [1.165, 1.54) is 4.90 Å². The molecule has 1 N–H and O–H groups in total. The predicted octanol–water partition coefficient (Wildman–Crippen LogP) is 3.23. The number of rotatable bonds is 4. The lowest BCUT2D eigenvalue weighted by molar-refractivity contribution is -0.133. The first-order valence-electron chi connectivity index (χ1n) is 9.13. The van der Waals surface area contributed by atoms with E-state index in [0.717, 1.165) is 11.1 Å². The molecule has 0 aromatic heterocycles. The lowest BCUT2D eigenvalue weighted by Gasteiger charge is -2.25. The van der Waals surface area contributed by atoms with Crippen molar-refractivity contribution in [2.75, 3.05) is 19.7 Å². The molecule has 2 aromatic rings. The van der Waals surface area contributed by atoms with Gasteiger partial charge in [0.05, 0.1) is 12.0 Å². The van der Waals surface area contributed by atoms with Crippen molar-refractivity contribution in [3.8, 4) is 0 Å². The number of nitrogens with zero attached hydrogens (tertiary/aromatic N) is 1. The van der Waals surface area contributed by atoms with Crippen LogP contribution >= 0.6 is 11.6 Å². The van der Waals surface area contributed by atoms with Crippen LogP contribution in [0.4, 0.5) is 4.79 Å². The largest absolute Gasteiger partial charge is 0.447 e. The van der Waals surface area contributed by atoms with Gasteiger partial charge in [-0.2, -0.15) is 0 Å². The van der Waals surface area contributed by atoms with Gasteiger partial charge < -0.3 is 10.1 Å². The maximum atomic E-state index is 13.3. The Hall–Kier alpha value is -2.37. The Morgan fingerprint density at radius 1 is 1.11 bits per heavy atom. The fourth-order valence-electron chi connectivity index (χ4n) is 3.94. The Labute approximate surface area is 163 Å². The van der Waals surface area contributed by atoms with Crippen molar-refractivity contribution in [1.29, 1.82) is 0 Å². The Bertz CT molecular complexity index is 825. The summed E-state index contributed by atoms with van der Waals surface area (Å²) in [5.74, 6) is -0.445. The van der Waals surface area contributed by atoms with E-state index in [2.05, 4.69) is 5.32 Å². The predicted molar refractivity (Wildman–Crippen MR) is 103 cm³/mol. The Balaban J connectivity index is 1.54. The van der Waals surface area contributed by atoms with E-state index >= 15 is 0 Å². The van der Waals surface area contributed by atoms with Crippen molar-refractivity contribution in [1.82, 2.24) is 10.2 Å². The van der Waals surface area contributed by atoms with Crippen LogP contribution in [0.3, 0.4) is 0 Å². The van der Waals surface area contributed by atoms with E-state index in [4.69, 9.17) is 16.3 Å². The van der Waals surface area contributed by atoms with Crippen LogP contribution in [0.25, 0.3) is 0 Å². The summed E-state index contributed by atoms with van der Waals surface area (Å²) in [4.78, 5) is 26.9. The molecule has 0 unspecified atom stereocenters. The second-order valence-corrected chi connectivity index (χ2v) is 7.49. The standard InChI is InChI=1S/C21H21ClN2O3/c22-16-8-6-15(7-9-16)18-11-23-12-19(18)20(25)24-17(13-27-21(24)26)10-14-4-2-1-3-5-14/h1-9,17-19,23H,10-13H2/t17-,18+,19-/m1/s1. The summed E-state index contributed by atoms with van der Waals surface area (Å²) in [6.45, 7) is 1.49. The molecular formula is C21H21ClN2O3. The van der Waals surface area contributed by atoms with E-state index in [-0.39, 0.29) is 30.4 Å². The molecule has 140 valence electrons. The molecule has 0 saturated carbocycles. The number of carbonyl (C=O) groups is 2. The highest BCUT2D eigenvalue weighted by atomic mass is 35.5. The maximum Gasteiger partial charge on any atom is 0.416 e. The van der Waals surface area contributed by atoms with Gasteiger partial charge in [-0.15, -0.1) is 0 Å². The van der Waals surface area contributed by atoms with Gasteiger partial charge in [-0.25, -0.2) is 9.69 Å². The summed E-state index contributed by atoms with van der Waals surface area (Å²) in [6.07, 6.45) is 0.0621. The summed E-state index contributed by atoms with van der Waals surface area (Å²) < 4.78 is 5.22. The zero-order chi connectivity index (χ0) is 18.8. The van der Waals surface area contributed by atoms with Crippen LogP contribution in [-0.4, -0.2) is 42.6 Å². The summed E-state index contributed by atoms with van der Waals surface area (Å²) in [7, 11) is 0. The van der Waals surface area contributed by atoms with Gasteiger partial charge in [0, 0.05) is 24.0 Å². The normalized spacial score (nSPS) is 24.9. The van der Waals surface area contributed by atoms with E-state index in [9.17, 15) is 9.59 Å². The average molecular weight is 385 g/mol. The third kappa shape index (κ3) is 3.70. The monoisotopic (exact) mass is 384 g/mol. The van der Waals surface area contributed by atoms with Crippen molar-refractivity contribution < 1.29 is 14.3 Å². The second kappa shape index (κ2) is 7.71. The van der Waals surface area contributed by atoms with Gasteiger partial charge in [0.2, 0.25) is 5.91 Å². The van der Waals surface area contributed by atoms with Crippen LogP contribution in [-0.2, 0) is 16.0 Å². The Morgan fingerprint density at radius 3 is 2.59 bits per heavy atom. The first-order chi connectivity index (χ1) is 13.1. The number of cyclic esters (lactones) is 1. The molecule has 0 spiro atoms. The first-order valence-corrected chi connectivity index (χ1v) is 9.51. The van der Waals surface area contributed by atoms with Crippen molar-refractivity contribution in [2.24, 2.45) is 5.92 Å². The number of halogens is 1. The third-order valence-corrected chi connectivity index (χ3v) is 5.59. The summed E-state index contributed by atoms with van der Waals surface area (Å²) >= 11 is 5.98. The Kier molecular flexibility index (Phi) is 5.14. The van der Waals surface area contributed by atoms with Crippen LogP contribution in [0, 0.1) is 5.92 Å². The second-order valence-electron chi connectivity index (χ2n) is 7.05. The molecule has 2 fully saturated rings. The lowest BCUT2D eigenvalue weighted by atomic mass is 9.87. The van der Waals surface area contributed by atoms with Gasteiger partial charge in [-0.1, -0.05) is 54.1 Å². The minimum absolute atomic E-state index is 0.0144. The van der Waals surface area contributed by atoms with Crippen molar-refractivity contribution >= 4 is 23.6 Å². The van der Waals surface area contributed by atoms with Crippen molar-refractivity contribution in [3.05, 3.63) is 70.7 Å². The molecule has 5 nitrogen and oxygen atoms in total. The molecule has 2 aliphatic rings. The third-order valence-electron chi connectivity index (χ3n) is 5.34. The van der Waals surface area contributed by atoms with E-state index in [1.54, 1.807) is 0 Å². The van der Waals surface area contributed by atoms with Gasteiger partial charge in [0.1, 0.15) is 6.61 Å². The fraction of sp³-hybridized carbons (Fsp3) is 0.333. The maximum absolute atomic E-state index is 13.3. The van der Waals surface area contributed by atoms with Crippen LogP contribution in [0.1, 0.15) is 17.0 Å². The number of hydrogen-bond acceptors (Lipinski definition) is 4. The van der Waals surface area contributed by atoms with Gasteiger partial charge in [-0.3, -0.25) is 4.79 Å². The number of ether oxygens (including phenoxy) is 1. The van der Waals surface area contributed by atoms with Crippen LogP contribution in [0.15, 0.2) is 54.6 Å². The van der Waals surface area contributed by atoms with Crippen molar-refractivity contribution in [3.63, 3.8) is 0 Å².